The molecule has 9 heteroatoms. The normalized spacial score (nSPS) is 13.2. The highest BCUT2D eigenvalue weighted by Crippen LogP contribution is 2.35. The second kappa shape index (κ2) is 34.6. The molecule has 0 bridgehead atoms. The summed E-state index contributed by atoms with van der Waals surface area (Å²) >= 11 is 0. The van der Waals surface area contributed by atoms with Gasteiger partial charge in [-0.15, -0.1) is 0 Å². The van der Waals surface area contributed by atoms with E-state index in [4.69, 9.17) is 19.3 Å². The lowest BCUT2D eigenvalue weighted by atomic mass is 10.1. The van der Waals surface area contributed by atoms with Gasteiger partial charge in [0.2, 0.25) is 0 Å². The average molecular weight is 695 g/mol. The number of unbranched alkanes of at least 4 members (excludes halogenated alkanes) is 16. The molecule has 0 unspecified atom stereocenters. The number of phosphoric ester groups is 1. The third-order valence-electron chi connectivity index (χ3n) is 7.63. The average Bonchev–Trinajstić information content (AvgIpc) is 3.05. The Kier molecular flexibility index (Phi) is 33.0. The van der Waals surface area contributed by atoms with Crippen LogP contribution in [-0.2, 0) is 28.2 Å². The van der Waals surface area contributed by atoms with Crippen LogP contribution in [0.1, 0.15) is 155 Å². The van der Waals surface area contributed by atoms with E-state index in [1.807, 2.05) is 6.08 Å². The van der Waals surface area contributed by atoms with Gasteiger partial charge in [-0.05, 0) is 51.4 Å². The van der Waals surface area contributed by atoms with Gasteiger partial charge in [0.15, 0.2) is 6.10 Å². The molecule has 276 valence electrons. The third kappa shape index (κ3) is 36.6. The van der Waals surface area contributed by atoms with Crippen molar-refractivity contribution in [2.45, 2.75) is 161 Å². The summed E-state index contributed by atoms with van der Waals surface area (Å²) in [6, 6.07) is 0. The molecule has 0 aromatic carbocycles. The van der Waals surface area contributed by atoms with E-state index >= 15 is 0 Å². The van der Waals surface area contributed by atoms with Gasteiger partial charge in [-0.3, -0.25) is 9.32 Å². The molecule has 0 radical (unpaired) electrons. The van der Waals surface area contributed by atoms with E-state index < -0.39 is 32.5 Å². The Bertz CT molecular complexity index is 963. The highest BCUT2D eigenvalue weighted by Gasteiger charge is 2.22. The number of carbonyl (C=O) groups is 2. The summed E-state index contributed by atoms with van der Waals surface area (Å²) < 4.78 is 26.1. The summed E-state index contributed by atoms with van der Waals surface area (Å²) in [6.45, 7) is 3.44. The number of phosphoric acid groups is 1. The summed E-state index contributed by atoms with van der Waals surface area (Å²) in [7, 11) is -4.78. The topological polar surface area (TPSA) is 119 Å². The van der Waals surface area contributed by atoms with Crippen molar-refractivity contribution < 1.29 is 37.9 Å². The van der Waals surface area contributed by atoms with Crippen LogP contribution in [0.15, 0.2) is 60.8 Å². The van der Waals surface area contributed by atoms with Gasteiger partial charge in [-0.25, -0.2) is 9.36 Å². The number of hydrogen-bond donors (Lipinski definition) is 2. The van der Waals surface area contributed by atoms with Crippen molar-refractivity contribution in [1.82, 2.24) is 0 Å². The molecule has 0 aliphatic rings. The molecule has 48 heavy (non-hydrogen) atoms. The van der Waals surface area contributed by atoms with E-state index in [0.717, 1.165) is 64.2 Å². The van der Waals surface area contributed by atoms with E-state index in [1.165, 1.54) is 70.3 Å². The van der Waals surface area contributed by atoms with Crippen LogP contribution in [0.3, 0.4) is 0 Å². The number of esters is 2. The quantitative estimate of drug-likeness (QED) is 0.0174. The van der Waals surface area contributed by atoms with Crippen LogP contribution in [0.25, 0.3) is 0 Å². The van der Waals surface area contributed by atoms with Gasteiger partial charge in [0.05, 0.1) is 6.61 Å². The minimum atomic E-state index is -4.78. The van der Waals surface area contributed by atoms with Crippen molar-refractivity contribution in [3.8, 4) is 0 Å². The third-order valence-corrected chi connectivity index (χ3v) is 8.11. The van der Waals surface area contributed by atoms with E-state index in [0.29, 0.717) is 6.42 Å². The lowest BCUT2D eigenvalue weighted by molar-refractivity contribution is -0.157. The first-order valence-corrected chi connectivity index (χ1v) is 20.2. The first-order valence-electron chi connectivity index (χ1n) is 18.6. The predicted octanol–water partition coefficient (Wildman–Crippen LogP) is 11.0. The van der Waals surface area contributed by atoms with Crippen molar-refractivity contribution in [3.63, 3.8) is 0 Å². The highest BCUT2D eigenvalue weighted by molar-refractivity contribution is 7.46. The SMILES string of the molecule is CC/C=C/C/C=C/C/C=C/CCCCCCCC(=O)OC[C@H](COP(=O)(O)O)OC(=O)/C=C/C=C/CCCCCCCCCCCCC. The van der Waals surface area contributed by atoms with E-state index in [9.17, 15) is 14.2 Å². The maximum Gasteiger partial charge on any atom is 0.469 e. The van der Waals surface area contributed by atoms with Gasteiger partial charge in [-0.1, -0.05) is 152 Å². The molecule has 8 nitrogen and oxygen atoms in total. The van der Waals surface area contributed by atoms with Gasteiger partial charge in [-0.2, -0.15) is 0 Å². The molecule has 0 amide bonds. The molecule has 0 saturated heterocycles. The second-order valence-corrected chi connectivity index (χ2v) is 13.5. The van der Waals surface area contributed by atoms with Crippen molar-refractivity contribution in [3.05, 3.63) is 60.8 Å². The van der Waals surface area contributed by atoms with Crippen LogP contribution in [0.5, 0.6) is 0 Å². The summed E-state index contributed by atoms with van der Waals surface area (Å²) in [6.07, 6.45) is 42.9. The number of ether oxygens (including phenoxy) is 2. The van der Waals surface area contributed by atoms with Crippen LogP contribution in [-0.4, -0.2) is 41.0 Å². The molecule has 0 fully saturated rings. The summed E-state index contributed by atoms with van der Waals surface area (Å²) in [5.41, 5.74) is 0. The Morgan fingerprint density at radius 2 is 1.15 bits per heavy atom. The summed E-state index contributed by atoms with van der Waals surface area (Å²) in [4.78, 5) is 42.5. The molecular weight excluding hydrogens is 627 g/mol. The first kappa shape index (κ1) is 45.8. The van der Waals surface area contributed by atoms with Crippen LogP contribution in [0.2, 0.25) is 0 Å². The molecule has 0 heterocycles. The van der Waals surface area contributed by atoms with Gasteiger partial charge in [0.25, 0.3) is 0 Å². The van der Waals surface area contributed by atoms with Crippen LogP contribution < -0.4 is 0 Å². The van der Waals surface area contributed by atoms with Crippen molar-refractivity contribution in [2.24, 2.45) is 0 Å². The van der Waals surface area contributed by atoms with Crippen LogP contribution >= 0.6 is 7.82 Å². The Balaban J connectivity index is 4.11. The number of carbonyl (C=O) groups excluding carboxylic acids is 2. The lowest BCUT2D eigenvalue weighted by Crippen LogP contribution is -2.29. The zero-order valence-corrected chi connectivity index (χ0v) is 31.0. The van der Waals surface area contributed by atoms with Gasteiger partial charge < -0.3 is 19.3 Å². The largest absolute Gasteiger partial charge is 0.469 e. The minimum absolute atomic E-state index is 0.226. The van der Waals surface area contributed by atoms with Gasteiger partial charge >= 0.3 is 19.8 Å². The number of allylic oxidation sites excluding steroid dienone is 9. The summed E-state index contributed by atoms with van der Waals surface area (Å²) in [5.74, 6) is -1.16. The van der Waals surface area contributed by atoms with Crippen molar-refractivity contribution >= 4 is 19.8 Å². The zero-order chi connectivity index (χ0) is 35.4. The molecule has 0 aliphatic carbocycles. The maximum absolute atomic E-state index is 12.2. The molecule has 0 saturated carbocycles. The summed E-state index contributed by atoms with van der Waals surface area (Å²) in [5, 5.41) is 0. The molecule has 0 aromatic heterocycles. The molecule has 2 N–H and O–H groups in total. The lowest BCUT2D eigenvalue weighted by Gasteiger charge is -2.17. The highest BCUT2D eigenvalue weighted by atomic mass is 31.2. The predicted molar refractivity (Wildman–Crippen MR) is 197 cm³/mol. The van der Waals surface area contributed by atoms with E-state index in [1.54, 1.807) is 12.2 Å². The van der Waals surface area contributed by atoms with Gasteiger partial charge in [0, 0.05) is 12.5 Å². The molecule has 0 aromatic rings. The van der Waals surface area contributed by atoms with Crippen molar-refractivity contribution in [1.29, 1.82) is 0 Å². The minimum Gasteiger partial charge on any atom is -0.462 e. The zero-order valence-electron chi connectivity index (χ0n) is 30.1. The Hall–Kier alpha value is -2.25. The Labute approximate surface area is 292 Å². The fraction of sp³-hybridized carbons (Fsp3) is 0.692. The van der Waals surface area contributed by atoms with Crippen LogP contribution in [0.4, 0.5) is 0 Å². The van der Waals surface area contributed by atoms with Gasteiger partial charge in [0.1, 0.15) is 6.61 Å². The number of hydrogen-bond acceptors (Lipinski definition) is 6. The molecule has 0 rings (SSSR count). The smallest absolute Gasteiger partial charge is 0.462 e. The Morgan fingerprint density at radius 3 is 1.73 bits per heavy atom. The molecule has 1 atom stereocenters. The van der Waals surface area contributed by atoms with Crippen LogP contribution in [0, 0.1) is 0 Å². The molecule has 0 spiro atoms. The second-order valence-electron chi connectivity index (χ2n) is 12.2. The fourth-order valence-corrected chi connectivity index (χ4v) is 5.24. The number of rotatable bonds is 33. The fourth-order valence-electron chi connectivity index (χ4n) is 4.88. The monoisotopic (exact) mass is 694 g/mol. The molecule has 0 aliphatic heterocycles. The first-order chi connectivity index (χ1) is 23.3. The van der Waals surface area contributed by atoms with E-state index in [2.05, 4.69) is 54.8 Å². The van der Waals surface area contributed by atoms with Crippen molar-refractivity contribution in [2.75, 3.05) is 13.2 Å². The molecular formula is C39H67O8P. The Morgan fingerprint density at radius 1 is 0.625 bits per heavy atom. The maximum atomic E-state index is 12.2. The standard InChI is InChI=1S/C39H67O8P/c1-3-5-7-9-11-13-15-17-19-21-23-25-27-29-31-33-38(40)45-35-37(36-46-48(42,43)44)47-39(41)34-32-30-28-26-24-22-20-18-16-14-12-10-8-6-4-2/h5,7,11,13,17,19,28,30,32,34,37H,3-4,6,8-10,12,14-16,18,20-27,29,31,33,35-36H2,1-2H3,(H2,42,43,44)/b7-5+,13-11+,19-17+,30-28+,34-32+/t37-/m1/s1. The van der Waals surface area contributed by atoms with E-state index in [-0.39, 0.29) is 13.0 Å².